The Morgan fingerprint density at radius 2 is 1.92 bits per heavy atom. The van der Waals surface area contributed by atoms with Crippen molar-refractivity contribution in [3.63, 3.8) is 0 Å². The highest BCUT2D eigenvalue weighted by molar-refractivity contribution is 7.54. The summed E-state index contributed by atoms with van der Waals surface area (Å²) < 4.78 is 10.6. The van der Waals surface area contributed by atoms with Gasteiger partial charge in [-0.05, 0) is 6.92 Å². The van der Waals surface area contributed by atoms with Gasteiger partial charge in [-0.2, -0.15) is 0 Å². The highest BCUT2D eigenvalue weighted by atomic mass is 31.2. The Morgan fingerprint density at radius 3 is 1.92 bits per heavy atom. The van der Waals surface area contributed by atoms with Crippen LogP contribution in [-0.2, 0) is 9.36 Å². The van der Waals surface area contributed by atoms with E-state index >= 15 is 0 Å². The van der Waals surface area contributed by atoms with Gasteiger partial charge in [-0.3, -0.25) is 4.57 Å². The van der Waals surface area contributed by atoms with Gasteiger partial charge in [0.15, 0.2) is 0 Å². The fraction of sp³-hybridized carbons (Fsp3) is 0.750. The standard InChI is InChI=1S/C4H10NO6P/c1-2(6)4(5,3(7)8)12(9,10)11/h2,6H,5H2,1H3,(H,7,8)(H2,9,10,11)/t2-,4-/m1/s1. The second-order valence-corrected chi connectivity index (χ2v) is 4.18. The molecule has 0 amide bonds. The van der Waals surface area contributed by atoms with Gasteiger partial charge in [0.25, 0.3) is 0 Å². The van der Waals surface area contributed by atoms with Gasteiger partial charge in [0.2, 0.25) is 5.28 Å². The van der Waals surface area contributed by atoms with Crippen molar-refractivity contribution in [1.29, 1.82) is 0 Å². The molecule has 0 unspecified atom stereocenters. The summed E-state index contributed by atoms with van der Waals surface area (Å²) in [6, 6.07) is 0. The molecule has 0 aliphatic rings. The minimum atomic E-state index is -5.07. The lowest BCUT2D eigenvalue weighted by molar-refractivity contribution is -0.143. The zero-order valence-corrected chi connectivity index (χ0v) is 7.10. The topological polar surface area (TPSA) is 141 Å². The molecule has 72 valence electrons. The molecule has 2 atom stereocenters. The summed E-state index contributed by atoms with van der Waals surface area (Å²) in [7, 11) is -5.07. The van der Waals surface area contributed by atoms with E-state index < -0.39 is 24.9 Å². The van der Waals surface area contributed by atoms with Crippen LogP contribution in [0, 0.1) is 0 Å². The number of aliphatic hydroxyl groups is 1. The molecular formula is C4H10NO6P. The minimum absolute atomic E-state index is 0.896. The first-order chi connectivity index (χ1) is 5.14. The van der Waals surface area contributed by atoms with Crippen LogP contribution < -0.4 is 5.73 Å². The highest BCUT2D eigenvalue weighted by Gasteiger charge is 2.54. The van der Waals surface area contributed by atoms with Gasteiger partial charge in [0, 0.05) is 0 Å². The maximum absolute atomic E-state index is 10.6. The molecule has 12 heavy (non-hydrogen) atoms. The van der Waals surface area contributed by atoms with Gasteiger partial charge in [-0.15, -0.1) is 0 Å². The number of rotatable bonds is 3. The van der Waals surface area contributed by atoms with E-state index in [-0.39, 0.29) is 0 Å². The van der Waals surface area contributed by atoms with Crippen molar-refractivity contribution in [3.05, 3.63) is 0 Å². The summed E-state index contributed by atoms with van der Waals surface area (Å²) in [5.74, 6) is -1.94. The van der Waals surface area contributed by atoms with Crippen LogP contribution in [0.25, 0.3) is 0 Å². The number of hydrogen-bond donors (Lipinski definition) is 5. The van der Waals surface area contributed by atoms with E-state index in [4.69, 9.17) is 25.7 Å². The van der Waals surface area contributed by atoms with Gasteiger partial charge < -0.3 is 25.7 Å². The monoisotopic (exact) mass is 199 g/mol. The average Bonchev–Trinajstić information content (AvgIpc) is 1.82. The summed E-state index contributed by atoms with van der Waals surface area (Å²) in [6.07, 6.45) is -1.84. The smallest absolute Gasteiger partial charge is 0.359 e. The van der Waals surface area contributed by atoms with E-state index in [0.29, 0.717) is 0 Å². The predicted molar refractivity (Wildman–Crippen MR) is 38.3 cm³/mol. The first-order valence-corrected chi connectivity index (χ1v) is 4.51. The molecule has 0 spiro atoms. The predicted octanol–water partition coefficient (Wildman–Crippen LogP) is -1.72. The maximum Gasteiger partial charge on any atom is 0.359 e. The fourth-order valence-corrected chi connectivity index (χ4v) is 1.28. The molecule has 0 aliphatic carbocycles. The van der Waals surface area contributed by atoms with E-state index in [0.717, 1.165) is 6.92 Å². The number of carbonyl (C=O) groups is 1. The molecule has 8 heteroatoms. The van der Waals surface area contributed by atoms with Crippen molar-refractivity contribution in [3.8, 4) is 0 Å². The number of nitrogens with two attached hydrogens (primary N) is 1. The lowest BCUT2D eigenvalue weighted by Crippen LogP contribution is -2.55. The largest absolute Gasteiger partial charge is 0.479 e. The highest BCUT2D eigenvalue weighted by Crippen LogP contribution is 2.48. The van der Waals surface area contributed by atoms with Crippen molar-refractivity contribution in [2.24, 2.45) is 5.73 Å². The third-order valence-electron chi connectivity index (χ3n) is 1.46. The number of hydrogen-bond acceptors (Lipinski definition) is 4. The number of aliphatic carboxylic acids is 1. The van der Waals surface area contributed by atoms with Gasteiger partial charge in [-0.1, -0.05) is 0 Å². The van der Waals surface area contributed by atoms with Crippen molar-refractivity contribution < 1.29 is 29.4 Å². The Kier molecular flexibility index (Phi) is 3.00. The summed E-state index contributed by atoms with van der Waals surface area (Å²) in [4.78, 5) is 27.4. The number of carboxylic acid groups (broad SMARTS) is 1. The van der Waals surface area contributed by atoms with E-state index in [2.05, 4.69) is 0 Å². The summed E-state index contributed by atoms with van der Waals surface area (Å²) in [6.45, 7) is 0.896. The van der Waals surface area contributed by atoms with Crippen LogP contribution >= 0.6 is 7.60 Å². The molecule has 0 fully saturated rings. The lowest BCUT2D eigenvalue weighted by atomic mass is 10.2. The first kappa shape index (κ1) is 11.5. The maximum atomic E-state index is 10.6. The molecule has 0 radical (unpaired) electrons. The number of carboxylic acids is 1. The quantitative estimate of drug-likeness (QED) is 0.340. The van der Waals surface area contributed by atoms with E-state index in [1.807, 2.05) is 0 Å². The molecule has 0 rings (SSSR count). The zero-order chi connectivity index (χ0) is 10.2. The van der Waals surface area contributed by atoms with E-state index in [1.165, 1.54) is 0 Å². The third-order valence-corrected chi connectivity index (χ3v) is 2.99. The summed E-state index contributed by atoms with van der Waals surface area (Å²) in [5.41, 5.74) is 4.85. The van der Waals surface area contributed by atoms with Crippen LogP contribution in [0.3, 0.4) is 0 Å². The molecule has 0 aliphatic heterocycles. The Balaban J connectivity index is 5.17. The molecule has 0 aromatic rings. The average molecular weight is 199 g/mol. The Labute approximate surface area is 68.0 Å². The Bertz CT molecular complexity index is 234. The molecule has 0 saturated carbocycles. The van der Waals surface area contributed by atoms with Gasteiger partial charge in [0.05, 0.1) is 6.10 Å². The van der Waals surface area contributed by atoms with Gasteiger partial charge in [0.1, 0.15) is 0 Å². The Hall–Kier alpha value is -0.460. The third kappa shape index (κ3) is 1.65. The van der Waals surface area contributed by atoms with Crippen molar-refractivity contribution >= 4 is 13.6 Å². The SMILES string of the molecule is C[C@@H](O)[C@](N)(C(=O)O)P(=O)(O)O. The van der Waals surface area contributed by atoms with E-state index in [1.54, 1.807) is 0 Å². The van der Waals surface area contributed by atoms with Crippen LogP contribution in [0.5, 0.6) is 0 Å². The van der Waals surface area contributed by atoms with Crippen LogP contribution in [0.4, 0.5) is 0 Å². The van der Waals surface area contributed by atoms with Crippen LogP contribution in [-0.4, -0.2) is 37.4 Å². The van der Waals surface area contributed by atoms with Crippen LogP contribution in [0.2, 0.25) is 0 Å². The summed E-state index contributed by atoms with van der Waals surface area (Å²) >= 11 is 0. The zero-order valence-electron chi connectivity index (χ0n) is 6.21. The van der Waals surface area contributed by atoms with Gasteiger partial charge in [-0.25, -0.2) is 4.79 Å². The first-order valence-electron chi connectivity index (χ1n) is 2.90. The normalized spacial score (nSPS) is 19.8. The van der Waals surface area contributed by atoms with E-state index in [9.17, 15) is 9.36 Å². The minimum Gasteiger partial charge on any atom is -0.479 e. The Morgan fingerprint density at radius 1 is 1.58 bits per heavy atom. The summed E-state index contributed by atoms with van der Waals surface area (Å²) in [5, 5.41) is 14.2. The molecular weight excluding hydrogens is 189 g/mol. The van der Waals surface area contributed by atoms with Crippen molar-refractivity contribution in [2.75, 3.05) is 0 Å². The van der Waals surface area contributed by atoms with Gasteiger partial charge >= 0.3 is 13.6 Å². The van der Waals surface area contributed by atoms with Crippen LogP contribution in [0.1, 0.15) is 6.92 Å². The molecule has 0 aromatic carbocycles. The molecule has 7 nitrogen and oxygen atoms in total. The number of aliphatic hydroxyl groups excluding tert-OH is 1. The second kappa shape index (κ2) is 3.12. The molecule has 0 bridgehead atoms. The lowest BCUT2D eigenvalue weighted by Gasteiger charge is -2.27. The van der Waals surface area contributed by atoms with Crippen molar-refractivity contribution in [2.45, 2.75) is 18.3 Å². The molecule has 0 saturated heterocycles. The van der Waals surface area contributed by atoms with Crippen molar-refractivity contribution in [1.82, 2.24) is 0 Å². The second-order valence-electron chi connectivity index (χ2n) is 2.35. The molecule has 6 N–H and O–H groups in total. The molecule has 0 aromatic heterocycles. The van der Waals surface area contributed by atoms with Crippen LogP contribution in [0.15, 0.2) is 0 Å². The fourth-order valence-electron chi connectivity index (χ4n) is 0.547. The molecule has 0 heterocycles.